The molecule has 5 heteroatoms. The van der Waals surface area contributed by atoms with Gasteiger partial charge in [-0.05, 0) is 25.0 Å². The summed E-state index contributed by atoms with van der Waals surface area (Å²) in [5, 5.41) is 13.8. The molecule has 1 N–H and O–H groups in total. The fraction of sp³-hybridized carbons (Fsp3) is 0.429. The molecular weight excluding hydrogens is 246 g/mol. The molecule has 1 aromatic carbocycles. The van der Waals surface area contributed by atoms with Crippen LogP contribution in [-0.4, -0.2) is 24.6 Å². The maximum Gasteiger partial charge on any atom is 0.225 e. The zero-order valence-electron chi connectivity index (χ0n) is 10.5. The molecule has 2 atom stereocenters. The smallest absolute Gasteiger partial charge is 0.225 e. The minimum Gasteiger partial charge on any atom is -0.550 e. The van der Waals surface area contributed by atoms with Crippen molar-refractivity contribution < 1.29 is 19.4 Å². The van der Waals surface area contributed by atoms with E-state index in [9.17, 15) is 14.7 Å². The van der Waals surface area contributed by atoms with E-state index in [2.05, 4.69) is 5.32 Å². The number of carboxylic acid groups (broad SMARTS) is 1. The summed E-state index contributed by atoms with van der Waals surface area (Å²) in [4.78, 5) is 22.9. The number of aliphatic carboxylic acids is 1. The molecule has 1 aliphatic heterocycles. The molecule has 0 spiro atoms. The van der Waals surface area contributed by atoms with Crippen molar-refractivity contribution in [3.8, 4) is 0 Å². The molecule has 1 fully saturated rings. The van der Waals surface area contributed by atoms with Crippen LogP contribution in [0, 0.1) is 5.92 Å². The fourth-order valence-electron chi connectivity index (χ4n) is 2.22. The Balaban J connectivity index is 1.93. The summed E-state index contributed by atoms with van der Waals surface area (Å²) in [6.45, 7) is 0.550. The molecule has 0 aromatic heterocycles. The number of carbonyl (C=O) groups excluding carboxylic acids is 2. The first kappa shape index (κ1) is 13.5. The van der Waals surface area contributed by atoms with Gasteiger partial charge in [0.05, 0.1) is 6.10 Å². The van der Waals surface area contributed by atoms with Gasteiger partial charge < -0.3 is 20.0 Å². The summed E-state index contributed by atoms with van der Waals surface area (Å²) in [7, 11) is 0. The monoisotopic (exact) mass is 262 g/mol. The number of ether oxygens (including phenoxy) is 1. The van der Waals surface area contributed by atoms with Gasteiger partial charge in [0.2, 0.25) is 5.91 Å². The number of hydrogen-bond acceptors (Lipinski definition) is 4. The Labute approximate surface area is 111 Å². The highest BCUT2D eigenvalue weighted by molar-refractivity contribution is 5.93. The molecule has 102 valence electrons. The number of hydrogen-bond donors (Lipinski definition) is 1. The van der Waals surface area contributed by atoms with Crippen LogP contribution in [0.5, 0.6) is 0 Å². The maximum absolute atomic E-state index is 11.8. The van der Waals surface area contributed by atoms with Gasteiger partial charge in [-0.25, -0.2) is 0 Å². The lowest BCUT2D eigenvalue weighted by Gasteiger charge is -2.23. The van der Waals surface area contributed by atoms with Crippen LogP contribution in [0.1, 0.15) is 19.3 Å². The topological polar surface area (TPSA) is 78.5 Å². The van der Waals surface area contributed by atoms with Gasteiger partial charge >= 0.3 is 0 Å². The van der Waals surface area contributed by atoms with Gasteiger partial charge in [-0.1, -0.05) is 18.2 Å². The van der Waals surface area contributed by atoms with Crippen LogP contribution >= 0.6 is 0 Å². The van der Waals surface area contributed by atoms with E-state index in [0.29, 0.717) is 18.7 Å². The molecule has 0 aliphatic carbocycles. The van der Waals surface area contributed by atoms with Crippen LogP contribution in [0.3, 0.4) is 0 Å². The number of amides is 1. The molecule has 1 amide bonds. The van der Waals surface area contributed by atoms with Crippen molar-refractivity contribution in [1.29, 1.82) is 0 Å². The van der Waals surface area contributed by atoms with Crippen molar-refractivity contribution in [3.05, 3.63) is 30.3 Å². The number of rotatable bonds is 5. The third kappa shape index (κ3) is 3.79. The molecule has 5 nitrogen and oxygen atoms in total. The van der Waals surface area contributed by atoms with E-state index in [1.165, 1.54) is 0 Å². The van der Waals surface area contributed by atoms with Gasteiger partial charge in [0, 0.05) is 30.6 Å². The van der Waals surface area contributed by atoms with Crippen molar-refractivity contribution in [2.75, 3.05) is 11.9 Å². The Bertz CT molecular complexity index is 440. The van der Waals surface area contributed by atoms with E-state index in [1.54, 1.807) is 24.3 Å². The summed E-state index contributed by atoms with van der Waals surface area (Å²) in [6.07, 6.45) is 0.958. The predicted octanol–water partition coefficient (Wildman–Crippen LogP) is 0.560. The zero-order chi connectivity index (χ0) is 13.7. The lowest BCUT2D eigenvalue weighted by Crippen LogP contribution is -2.40. The lowest BCUT2D eigenvalue weighted by atomic mass is 9.96. The Morgan fingerprint density at radius 3 is 2.68 bits per heavy atom. The van der Waals surface area contributed by atoms with Gasteiger partial charge in [-0.3, -0.25) is 4.79 Å². The number of para-hydroxylation sites is 1. The minimum atomic E-state index is -1.23. The average molecular weight is 262 g/mol. The van der Waals surface area contributed by atoms with Crippen molar-refractivity contribution >= 4 is 17.6 Å². The second-order valence-electron chi connectivity index (χ2n) is 4.60. The summed E-state index contributed by atoms with van der Waals surface area (Å²) in [5.74, 6) is -2.45. The van der Waals surface area contributed by atoms with E-state index < -0.39 is 18.0 Å². The van der Waals surface area contributed by atoms with Crippen molar-refractivity contribution in [2.45, 2.75) is 25.4 Å². The molecule has 2 rings (SSSR count). The van der Waals surface area contributed by atoms with Gasteiger partial charge in [0.15, 0.2) is 0 Å². The number of nitrogens with one attached hydrogen (secondary N) is 1. The summed E-state index contributed by atoms with van der Waals surface area (Å²) in [5.41, 5.74) is 0.650. The average Bonchev–Trinajstić information content (AvgIpc) is 2.90. The van der Waals surface area contributed by atoms with Crippen LogP contribution in [-0.2, 0) is 14.3 Å². The van der Waals surface area contributed by atoms with Crippen LogP contribution in [0.25, 0.3) is 0 Å². The van der Waals surface area contributed by atoms with Crippen LogP contribution < -0.4 is 10.4 Å². The molecule has 1 aliphatic rings. The third-order valence-electron chi connectivity index (χ3n) is 3.18. The Morgan fingerprint density at radius 2 is 2.11 bits per heavy atom. The molecule has 0 radical (unpaired) electrons. The van der Waals surface area contributed by atoms with E-state index in [4.69, 9.17) is 4.74 Å². The molecule has 1 heterocycles. The summed E-state index contributed by atoms with van der Waals surface area (Å²) in [6, 6.07) is 8.93. The van der Waals surface area contributed by atoms with Crippen LogP contribution in [0.4, 0.5) is 5.69 Å². The fourth-order valence-corrected chi connectivity index (χ4v) is 2.22. The van der Waals surface area contributed by atoms with Crippen molar-refractivity contribution in [1.82, 2.24) is 0 Å². The first-order chi connectivity index (χ1) is 9.16. The second-order valence-corrected chi connectivity index (χ2v) is 4.60. The van der Waals surface area contributed by atoms with Gasteiger partial charge in [0.25, 0.3) is 0 Å². The van der Waals surface area contributed by atoms with E-state index >= 15 is 0 Å². The zero-order valence-corrected chi connectivity index (χ0v) is 10.5. The standard InChI is InChI=1S/C14H17NO4/c16-13(15-10-5-2-1-3-6-10)9-11(14(17)18)12-7-4-8-19-12/h1-3,5-6,11-12H,4,7-9H2,(H,15,16)(H,17,18)/p-1/t11-,12-/m1/s1. The summed E-state index contributed by atoms with van der Waals surface area (Å²) < 4.78 is 5.33. The third-order valence-corrected chi connectivity index (χ3v) is 3.18. The van der Waals surface area contributed by atoms with Gasteiger partial charge in [0.1, 0.15) is 0 Å². The van der Waals surface area contributed by atoms with Gasteiger partial charge in [-0.2, -0.15) is 0 Å². The van der Waals surface area contributed by atoms with E-state index in [-0.39, 0.29) is 12.3 Å². The molecule has 1 saturated heterocycles. The minimum absolute atomic E-state index is 0.123. The lowest BCUT2D eigenvalue weighted by molar-refractivity contribution is -0.314. The first-order valence-electron chi connectivity index (χ1n) is 6.34. The number of anilines is 1. The van der Waals surface area contributed by atoms with Crippen LogP contribution in [0.15, 0.2) is 30.3 Å². The highest BCUT2D eigenvalue weighted by Crippen LogP contribution is 2.23. The molecule has 0 unspecified atom stereocenters. The highest BCUT2D eigenvalue weighted by atomic mass is 16.5. The first-order valence-corrected chi connectivity index (χ1v) is 6.34. The van der Waals surface area contributed by atoms with E-state index in [0.717, 1.165) is 6.42 Å². The SMILES string of the molecule is O=C(C[C@@H](C(=O)[O-])[C@H]1CCCO1)Nc1ccccc1. The Kier molecular flexibility index (Phi) is 4.52. The summed E-state index contributed by atoms with van der Waals surface area (Å²) >= 11 is 0. The Hall–Kier alpha value is -1.88. The van der Waals surface area contributed by atoms with Crippen molar-refractivity contribution in [2.24, 2.45) is 5.92 Å². The normalized spacial score (nSPS) is 19.9. The van der Waals surface area contributed by atoms with Crippen LogP contribution in [0.2, 0.25) is 0 Å². The van der Waals surface area contributed by atoms with Crippen molar-refractivity contribution in [3.63, 3.8) is 0 Å². The number of carboxylic acids is 1. The number of carbonyl (C=O) groups is 2. The number of benzene rings is 1. The predicted molar refractivity (Wildman–Crippen MR) is 67.2 cm³/mol. The molecule has 0 saturated carbocycles. The largest absolute Gasteiger partial charge is 0.550 e. The highest BCUT2D eigenvalue weighted by Gasteiger charge is 2.28. The molecule has 1 aromatic rings. The Morgan fingerprint density at radius 1 is 1.37 bits per heavy atom. The maximum atomic E-state index is 11.8. The molecule has 19 heavy (non-hydrogen) atoms. The quantitative estimate of drug-likeness (QED) is 0.841. The van der Waals surface area contributed by atoms with Gasteiger partial charge in [-0.15, -0.1) is 0 Å². The van der Waals surface area contributed by atoms with E-state index in [1.807, 2.05) is 6.07 Å². The molecule has 0 bridgehead atoms. The molecular formula is C14H16NO4-. The second kappa shape index (κ2) is 6.33.